The zero-order chi connectivity index (χ0) is 14.3. The van der Waals surface area contributed by atoms with E-state index in [9.17, 15) is 0 Å². The number of aliphatic hydroxyl groups is 1. The van der Waals surface area contributed by atoms with Crippen LogP contribution in [0.5, 0.6) is 0 Å². The van der Waals surface area contributed by atoms with Gasteiger partial charge in [0, 0.05) is 23.6 Å². The Kier molecular flexibility index (Phi) is 3.79. The highest BCUT2D eigenvalue weighted by atomic mass is 16.5. The van der Waals surface area contributed by atoms with Crippen LogP contribution in [0.2, 0.25) is 0 Å². The molecule has 1 aliphatic carbocycles. The predicted molar refractivity (Wildman–Crippen MR) is 77.4 cm³/mol. The summed E-state index contributed by atoms with van der Waals surface area (Å²) in [5, 5.41) is 14.9. The maximum atomic E-state index is 9.01. The lowest BCUT2D eigenvalue weighted by Crippen LogP contribution is -2.62. The van der Waals surface area contributed by atoms with Crippen molar-refractivity contribution in [3.05, 3.63) is 11.8 Å². The van der Waals surface area contributed by atoms with Crippen LogP contribution in [-0.4, -0.2) is 41.8 Å². The van der Waals surface area contributed by atoms with E-state index in [1.165, 1.54) is 18.5 Å². The summed E-state index contributed by atoms with van der Waals surface area (Å²) in [6, 6.07) is 0.539. The van der Waals surface area contributed by atoms with Gasteiger partial charge in [0.05, 0.1) is 13.2 Å². The van der Waals surface area contributed by atoms with Gasteiger partial charge in [0.15, 0.2) is 0 Å². The first-order valence-corrected chi connectivity index (χ1v) is 7.75. The minimum absolute atomic E-state index is 0.0371. The second-order valence-corrected chi connectivity index (χ2v) is 7.19. The molecule has 3 rings (SSSR count). The van der Waals surface area contributed by atoms with Crippen molar-refractivity contribution >= 4 is 0 Å². The SMILES string of the molecule is CC(C)(C)C1=CC2NC(C3CC3)CC(OCCO)N2N1. The summed E-state index contributed by atoms with van der Waals surface area (Å²) >= 11 is 0. The highest BCUT2D eigenvalue weighted by Crippen LogP contribution is 2.39. The van der Waals surface area contributed by atoms with Crippen LogP contribution in [0.25, 0.3) is 0 Å². The van der Waals surface area contributed by atoms with E-state index >= 15 is 0 Å². The number of ether oxygens (including phenoxy) is 1. The fraction of sp³-hybridized carbons (Fsp3) is 0.867. The fourth-order valence-corrected chi connectivity index (χ4v) is 3.06. The minimum atomic E-state index is 0.0371. The van der Waals surface area contributed by atoms with Crippen LogP contribution in [0.4, 0.5) is 0 Å². The molecule has 3 atom stereocenters. The number of allylic oxidation sites excluding steroid dienone is 1. The Morgan fingerprint density at radius 2 is 2.15 bits per heavy atom. The van der Waals surface area contributed by atoms with Crippen LogP contribution < -0.4 is 10.7 Å². The third-order valence-electron chi connectivity index (χ3n) is 4.43. The second-order valence-electron chi connectivity index (χ2n) is 7.19. The summed E-state index contributed by atoms with van der Waals surface area (Å²) in [7, 11) is 0. The molecule has 0 spiro atoms. The van der Waals surface area contributed by atoms with Crippen LogP contribution in [0, 0.1) is 11.3 Å². The van der Waals surface area contributed by atoms with Crippen molar-refractivity contribution in [3.63, 3.8) is 0 Å². The third kappa shape index (κ3) is 2.86. The Bertz CT molecular complexity index is 387. The number of rotatable bonds is 4. The predicted octanol–water partition coefficient (Wildman–Crippen LogP) is 1.17. The molecule has 3 N–H and O–H groups in total. The zero-order valence-electron chi connectivity index (χ0n) is 12.7. The van der Waals surface area contributed by atoms with Gasteiger partial charge in [0.25, 0.3) is 0 Å². The monoisotopic (exact) mass is 281 g/mol. The van der Waals surface area contributed by atoms with E-state index in [1.807, 2.05) is 0 Å². The minimum Gasteiger partial charge on any atom is -0.394 e. The zero-order valence-corrected chi connectivity index (χ0v) is 12.7. The molecule has 0 radical (unpaired) electrons. The molecule has 1 saturated heterocycles. The van der Waals surface area contributed by atoms with Gasteiger partial charge < -0.3 is 15.3 Å². The van der Waals surface area contributed by atoms with Crippen LogP contribution in [-0.2, 0) is 4.74 Å². The van der Waals surface area contributed by atoms with Crippen molar-refractivity contribution in [2.45, 2.75) is 58.5 Å². The molecule has 0 aromatic rings. The lowest BCUT2D eigenvalue weighted by Gasteiger charge is -2.42. The van der Waals surface area contributed by atoms with E-state index in [2.05, 4.69) is 42.6 Å². The van der Waals surface area contributed by atoms with E-state index in [1.54, 1.807) is 0 Å². The summed E-state index contributed by atoms with van der Waals surface area (Å²) in [5.41, 5.74) is 4.84. The van der Waals surface area contributed by atoms with Crippen LogP contribution in [0.3, 0.4) is 0 Å². The average molecular weight is 281 g/mol. The largest absolute Gasteiger partial charge is 0.394 e. The van der Waals surface area contributed by atoms with Crippen molar-refractivity contribution in [2.75, 3.05) is 13.2 Å². The molecule has 2 fully saturated rings. The van der Waals surface area contributed by atoms with Gasteiger partial charge in [0.2, 0.25) is 0 Å². The first-order chi connectivity index (χ1) is 9.49. The van der Waals surface area contributed by atoms with Gasteiger partial charge in [-0.1, -0.05) is 20.8 Å². The highest BCUT2D eigenvalue weighted by Gasteiger charge is 2.44. The number of nitrogens with one attached hydrogen (secondary N) is 2. The number of nitrogens with zero attached hydrogens (tertiary/aromatic N) is 1. The third-order valence-corrected chi connectivity index (χ3v) is 4.43. The molecule has 2 heterocycles. The Balaban J connectivity index is 1.73. The van der Waals surface area contributed by atoms with E-state index in [4.69, 9.17) is 9.84 Å². The van der Waals surface area contributed by atoms with Crippen LogP contribution in [0.15, 0.2) is 11.8 Å². The van der Waals surface area contributed by atoms with E-state index in [-0.39, 0.29) is 24.4 Å². The molecule has 5 nitrogen and oxygen atoms in total. The van der Waals surface area contributed by atoms with Gasteiger partial charge in [-0.15, -0.1) is 0 Å². The van der Waals surface area contributed by atoms with Gasteiger partial charge in [-0.3, -0.25) is 5.32 Å². The summed E-state index contributed by atoms with van der Waals surface area (Å²) in [6.07, 6.45) is 6.17. The molecule has 3 aliphatic rings. The van der Waals surface area contributed by atoms with E-state index in [0.29, 0.717) is 12.6 Å². The Morgan fingerprint density at radius 1 is 1.40 bits per heavy atom. The summed E-state index contributed by atoms with van der Waals surface area (Å²) in [6.45, 7) is 7.12. The molecule has 0 aromatic carbocycles. The molecule has 3 unspecified atom stereocenters. The van der Waals surface area contributed by atoms with Crippen molar-refractivity contribution in [1.29, 1.82) is 0 Å². The Morgan fingerprint density at radius 3 is 2.75 bits per heavy atom. The van der Waals surface area contributed by atoms with Crippen molar-refractivity contribution < 1.29 is 9.84 Å². The number of hydrogen-bond donors (Lipinski definition) is 3. The molecule has 5 heteroatoms. The molecule has 2 aliphatic heterocycles. The standard InChI is InChI=1S/C15H27N3O2/c1-15(2,3)12-9-13-16-11(10-4-5-10)8-14(18(13)17-12)20-7-6-19/h9-11,13-14,16-17,19H,4-8H2,1-3H3. The quantitative estimate of drug-likeness (QED) is 0.722. The lowest BCUT2D eigenvalue weighted by atomic mass is 9.92. The number of fused-ring (bicyclic) bond motifs is 1. The van der Waals surface area contributed by atoms with Crippen LogP contribution >= 0.6 is 0 Å². The fourth-order valence-electron chi connectivity index (χ4n) is 3.06. The average Bonchev–Trinajstić information content (AvgIpc) is 3.13. The molecule has 0 aromatic heterocycles. The van der Waals surface area contributed by atoms with Gasteiger partial charge in [0.1, 0.15) is 12.4 Å². The highest BCUT2D eigenvalue weighted by molar-refractivity contribution is 5.18. The lowest BCUT2D eigenvalue weighted by molar-refractivity contribution is -0.129. The molecule has 114 valence electrons. The number of hydrogen-bond acceptors (Lipinski definition) is 5. The summed E-state index contributed by atoms with van der Waals surface area (Å²) < 4.78 is 5.86. The van der Waals surface area contributed by atoms with Crippen molar-refractivity contribution in [3.8, 4) is 0 Å². The molecular weight excluding hydrogens is 254 g/mol. The second kappa shape index (κ2) is 5.30. The first-order valence-electron chi connectivity index (χ1n) is 7.75. The topological polar surface area (TPSA) is 56.8 Å². The first kappa shape index (κ1) is 14.3. The maximum Gasteiger partial charge on any atom is 0.131 e. The summed E-state index contributed by atoms with van der Waals surface area (Å²) in [4.78, 5) is 0. The van der Waals surface area contributed by atoms with Gasteiger partial charge >= 0.3 is 0 Å². The maximum absolute atomic E-state index is 9.01. The molecule has 0 amide bonds. The molecule has 20 heavy (non-hydrogen) atoms. The van der Waals surface area contributed by atoms with Crippen molar-refractivity contribution in [2.24, 2.45) is 11.3 Å². The molecule has 1 saturated carbocycles. The van der Waals surface area contributed by atoms with Crippen molar-refractivity contribution in [1.82, 2.24) is 15.8 Å². The van der Waals surface area contributed by atoms with Crippen LogP contribution in [0.1, 0.15) is 40.0 Å². The molecule has 0 bridgehead atoms. The normalized spacial score (nSPS) is 34.6. The van der Waals surface area contributed by atoms with Gasteiger partial charge in [-0.2, -0.15) is 5.01 Å². The number of aliphatic hydroxyl groups excluding tert-OH is 1. The smallest absolute Gasteiger partial charge is 0.131 e. The van der Waals surface area contributed by atoms with Gasteiger partial charge in [-0.05, 0) is 24.8 Å². The number of hydrazine groups is 1. The van der Waals surface area contributed by atoms with E-state index < -0.39 is 0 Å². The Labute approximate surface area is 121 Å². The summed E-state index contributed by atoms with van der Waals surface area (Å²) in [5.74, 6) is 0.810. The van der Waals surface area contributed by atoms with E-state index in [0.717, 1.165) is 12.3 Å². The van der Waals surface area contributed by atoms with Gasteiger partial charge in [-0.25, -0.2) is 0 Å². The molecular formula is C15H27N3O2. The Hall–Kier alpha value is -0.620.